The van der Waals surface area contributed by atoms with E-state index in [9.17, 15) is 9.90 Å². The molecule has 7 heteroatoms. The molecule has 3 rings (SSSR count). The first kappa shape index (κ1) is 21.2. The van der Waals surface area contributed by atoms with Gasteiger partial charge in [-0.1, -0.05) is 55.9 Å². The summed E-state index contributed by atoms with van der Waals surface area (Å²) < 4.78 is 0. The van der Waals surface area contributed by atoms with Crippen LogP contribution >= 0.6 is 23.1 Å². The lowest BCUT2D eigenvalue weighted by Gasteiger charge is -2.24. The van der Waals surface area contributed by atoms with Crippen molar-refractivity contribution in [3.63, 3.8) is 0 Å². The van der Waals surface area contributed by atoms with Gasteiger partial charge in [0.15, 0.2) is 5.17 Å². The maximum atomic E-state index is 13.3. The third kappa shape index (κ3) is 4.59. The van der Waals surface area contributed by atoms with E-state index in [1.165, 1.54) is 6.92 Å². The highest BCUT2D eigenvalue weighted by molar-refractivity contribution is 8.14. The fourth-order valence-corrected chi connectivity index (χ4v) is 4.88. The highest BCUT2D eigenvalue weighted by Gasteiger charge is 2.39. The first-order valence-corrected chi connectivity index (χ1v) is 10.6. The third-order valence-corrected chi connectivity index (χ3v) is 6.04. The Kier molecular flexibility index (Phi) is 7.62. The van der Waals surface area contributed by atoms with Crippen LogP contribution in [0.3, 0.4) is 0 Å². The van der Waals surface area contributed by atoms with Crippen LogP contribution in [0.4, 0.5) is 0 Å². The summed E-state index contributed by atoms with van der Waals surface area (Å²) in [4.78, 5) is 24.6. The number of thioether (sulfide) groups is 1. The molecule has 1 aliphatic heterocycles. The molecule has 1 unspecified atom stereocenters. The van der Waals surface area contributed by atoms with Gasteiger partial charge in [-0.3, -0.25) is 14.7 Å². The second-order valence-corrected chi connectivity index (χ2v) is 7.87. The zero-order valence-corrected chi connectivity index (χ0v) is 17.9. The normalized spacial score (nSPS) is 18.8. The summed E-state index contributed by atoms with van der Waals surface area (Å²) in [7, 11) is 1.68. The Hall–Kier alpha value is -2.12. The Morgan fingerprint density at radius 2 is 1.96 bits per heavy atom. The Labute approximate surface area is 168 Å². The molecule has 0 radical (unpaired) electrons. The molecule has 27 heavy (non-hydrogen) atoms. The minimum Gasteiger partial charge on any atom is -0.512 e. The largest absolute Gasteiger partial charge is 0.512 e. The monoisotopic (exact) mass is 403 g/mol. The van der Waals surface area contributed by atoms with E-state index in [-0.39, 0.29) is 17.7 Å². The summed E-state index contributed by atoms with van der Waals surface area (Å²) in [5, 5.41) is 11.8. The fourth-order valence-electron chi connectivity index (χ4n) is 2.79. The molecule has 0 saturated carbocycles. The summed E-state index contributed by atoms with van der Waals surface area (Å²) in [5.74, 6) is 0.489. The SMILES string of the molecule is CC.CN=C1SCC(c2cnc(C)s2)N1C(=O)/C(=C(\C)O)c1ccccc1. The van der Waals surface area contributed by atoms with Crippen LogP contribution in [-0.2, 0) is 4.79 Å². The zero-order chi connectivity index (χ0) is 20.0. The number of amidine groups is 1. The maximum Gasteiger partial charge on any atom is 0.264 e. The summed E-state index contributed by atoms with van der Waals surface area (Å²) in [5.41, 5.74) is 0.995. The molecule has 5 nitrogen and oxygen atoms in total. The number of allylic oxidation sites excluding steroid dienone is 1. The van der Waals surface area contributed by atoms with E-state index in [4.69, 9.17) is 0 Å². The second-order valence-electron chi connectivity index (χ2n) is 5.62. The van der Waals surface area contributed by atoms with Crippen molar-refractivity contribution >= 4 is 39.7 Å². The smallest absolute Gasteiger partial charge is 0.264 e. The van der Waals surface area contributed by atoms with Crippen LogP contribution in [-0.4, -0.2) is 38.9 Å². The summed E-state index contributed by atoms with van der Waals surface area (Å²) in [6.45, 7) is 7.49. The van der Waals surface area contributed by atoms with Gasteiger partial charge in [0, 0.05) is 23.9 Å². The first-order chi connectivity index (χ1) is 13.0. The number of nitrogens with zero attached hydrogens (tertiary/aromatic N) is 3. The summed E-state index contributed by atoms with van der Waals surface area (Å²) >= 11 is 3.13. The van der Waals surface area contributed by atoms with E-state index in [1.807, 2.05) is 57.3 Å². The molecular weight excluding hydrogens is 378 g/mol. The number of amides is 1. The van der Waals surface area contributed by atoms with Crippen molar-refractivity contribution in [1.82, 2.24) is 9.88 Å². The molecule has 1 atom stereocenters. The van der Waals surface area contributed by atoms with Crippen LogP contribution in [0.1, 0.15) is 42.3 Å². The highest BCUT2D eigenvalue weighted by atomic mass is 32.2. The van der Waals surface area contributed by atoms with Crippen molar-refractivity contribution in [2.75, 3.05) is 12.8 Å². The number of thiazole rings is 1. The van der Waals surface area contributed by atoms with Gasteiger partial charge < -0.3 is 5.11 Å². The number of hydrogen-bond acceptors (Lipinski definition) is 6. The molecule has 0 spiro atoms. The lowest BCUT2D eigenvalue weighted by molar-refractivity contribution is -0.122. The van der Waals surface area contributed by atoms with Crippen molar-refractivity contribution in [2.45, 2.75) is 33.7 Å². The molecule has 1 fully saturated rings. The van der Waals surface area contributed by atoms with Crippen molar-refractivity contribution < 1.29 is 9.90 Å². The minimum absolute atomic E-state index is 0.00258. The zero-order valence-electron chi connectivity index (χ0n) is 16.3. The summed E-state index contributed by atoms with van der Waals surface area (Å²) in [6, 6.07) is 9.11. The van der Waals surface area contributed by atoms with Crippen LogP contribution < -0.4 is 0 Å². The van der Waals surface area contributed by atoms with Gasteiger partial charge in [0.2, 0.25) is 0 Å². The van der Waals surface area contributed by atoms with Crippen molar-refractivity contribution in [2.24, 2.45) is 4.99 Å². The van der Waals surface area contributed by atoms with Crippen LogP contribution in [0.2, 0.25) is 0 Å². The van der Waals surface area contributed by atoms with E-state index in [1.54, 1.807) is 35.0 Å². The lowest BCUT2D eigenvalue weighted by atomic mass is 10.0. The predicted octanol–water partition coefficient (Wildman–Crippen LogP) is 5.07. The van der Waals surface area contributed by atoms with Gasteiger partial charge in [0.1, 0.15) is 5.76 Å². The molecule has 1 aromatic carbocycles. The lowest BCUT2D eigenvalue weighted by Crippen LogP contribution is -2.35. The fraction of sp³-hybridized carbons (Fsp3) is 0.350. The molecule has 0 aliphatic carbocycles. The number of aromatic nitrogens is 1. The van der Waals surface area contributed by atoms with Gasteiger partial charge in [-0.25, -0.2) is 4.98 Å². The topological polar surface area (TPSA) is 65.8 Å². The van der Waals surface area contributed by atoms with Crippen LogP contribution in [0.5, 0.6) is 0 Å². The molecule has 0 bridgehead atoms. The minimum atomic E-state index is -0.243. The van der Waals surface area contributed by atoms with Crippen LogP contribution in [0.25, 0.3) is 5.57 Å². The number of carbonyl (C=O) groups excluding carboxylic acids is 1. The Morgan fingerprint density at radius 3 is 2.48 bits per heavy atom. The molecule has 2 heterocycles. The standard InChI is InChI=1S/C18H19N3O2S2.C2H6/c1-11(22)16(13-7-5-4-6-8-13)17(23)21-14(10-24-18(21)19-3)15-9-20-12(2)25-15;1-2/h4-9,14,22H,10H2,1-3H3;1-2H3/b16-11+,19-18?;. The Balaban J connectivity index is 0.00000126. The molecule has 1 saturated heterocycles. The first-order valence-electron chi connectivity index (χ1n) is 8.83. The predicted molar refractivity (Wildman–Crippen MR) is 115 cm³/mol. The maximum absolute atomic E-state index is 13.3. The van der Waals surface area contributed by atoms with Gasteiger partial charge in [-0.15, -0.1) is 11.3 Å². The molecule has 2 aromatic rings. The number of aryl methyl sites for hydroxylation is 1. The highest BCUT2D eigenvalue weighted by Crippen LogP contribution is 2.39. The van der Waals surface area contributed by atoms with Gasteiger partial charge in [0.05, 0.1) is 16.6 Å². The molecular formula is C20H25N3O2S2. The van der Waals surface area contributed by atoms with Crippen molar-refractivity contribution in [3.05, 3.63) is 57.7 Å². The molecule has 144 valence electrons. The Morgan fingerprint density at radius 1 is 1.30 bits per heavy atom. The number of benzene rings is 1. The van der Waals surface area contributed by atoms with Gasteiger partial charge in [0.25, 0.3) is 5.91 Å². The second kappa shape index (κ2) is 9.71. The average Bonchev–Trinajstić information content (AvgIpc) is 3.29. The quantitative estimate of drug-likeness (QED) is 0.574. The molecule has 1 amide bonds. The van der Waals surface area contributed by atoms with Crippen molar-refractivity contribution in [1.29, 1.82) is 0 Å². The van der Waals surface area contributed by atoms with E-state index >= 15 is 0 Å². The van der Waals surface area contributed by atoms with E-state index in [0.717, 1.165) is 15.6 Å². The van der Waals surface area contributed by atoms with E-state index < -0.39 is 0 Å². The van der Waals surface area contributed by atoms with Gasteiger partial charge >= 0.3 is 0 Å². The van der Waals surface area contributed by atoms with Crippen molar-refractivity contribution in [3.8, 4) is 0 Å². The Bertz CT molecular complexity index is 840. The number of aliphatic hydroxyl groups is 1. The van der Waals surface area contributed by atoms with Crippen LogP contribution in [0.15, 0.2) is 47.3 Å². The third-order valence-electron chi connectivity index (χ3n) is 3.90. The molecule has 1 N–H and O–H groups in total. The van der Waals surface area contributed by atoms with E-state index in [2.05, 4.69) is 9.98 Å². The van der Waals surface area contributed by atoms with Crippen LogP contribution in [0, 0.1) is 6.92 Å². The molecule has 1 aromatic heterocycles. The number of aliphatic hydroxyl groups excluding tert-OH is 1. The summed E-state index contributed by atoms with van der Waals surface area (Å²) in [6.07, 6.45) is 1.82. The van der Waals surface area contributed by atoms with E-state index in [0.29, 0.717) is 16.3 Å². The van der Waals surface area contributed by atoms with Gasteiger partial charge in [-0.2, -0.15) is 0 Å². The number of hydrogen-bond donors (Lipinski definition) is 1. The van der Waals surface area contributed by atoms with Gasteiger partial charge in [-0.05, 0) is 19.4 Å². The average molecular weight is 404 g/mol. The number of rotatable bonds is 3. The number of carbonyl (C=O) groups is 1. The number of aliphatic imine (C=N–C) groups is 1. The molecule has 1 aliphatic rings.